The molecule has 0 saturated heterocycles. The Balaban J connectivity index is 2.28. The molecule has 0 unspecified atom stereocenters. The van der Waals surface area contributed by atoms with Crippen LogP contribution in [0.15, 0.2) is 30.5 Å². The summed E-state index contributed by atoms with van der Waals surface area (Å²) in [6, 6.07) is 7.01. The smallest absolute Gasteiger partial charge is 0.354 e. The van der Waals surface area contributed by atoms with Crippen LogP contribution < -0.4 is 5.32 Å². The first-order chi connectivity index (χ1) is 8.56. The van der Waals surface area contributed by atoms with Crippen LogP contribution in [0.25, 0.3) is 0 Å². The predicted octanol–water partition coefficient (Wildman–Crippen LogP) is 2.54. The molecule has 0 fully saturated rings. The fraction of sp³-hybridized carbons (Fsp3) is 0.154. The van der Waals surface area contributed by atoms with Crippen molar-refractivity contribution in [3.05, 3.63) is 47.5 Å². The third-order valence-corrected chi connectivity index (χ3v) is 2.48. The predicted molar refractivity (Wildman–Crippen MR) is 68.2 cm³/mol. The van der Waals surface area contributed by atoms with E-state index in [0.29, 0.717) is 5.69 Å². The van der Waals surface area contributed by atoms with Crippen LogP contribution in [0.2, 0.25) is 0 Å². The molecule has 2 heterocycles. The van der Waals surface area contributed by atoms with E-state index in [-0.39, 0.29) is 5.69 Å². The summed E-state index contributed by atoms with van der Waals surface area (Å²) in [6.45, 7) is 3.82. The van der Waals surface area contributed by atoms with E-state index in [2.05, 4.69) is 15.3 Å². The van der Waals surface area contributed by atoms with Gasteiger partial charge in [0.15, 0.2) is 0 Å². The van der Waals surface area contributed by atoms with Gasteiger partial charge in [-0.25, -0.2) is 9.78 Å². The molecule has 2 aromatic heterocycles. The lowest BCUT2D eigenvalue weighted by atomic mass is 10.2. The monoisotopic (exact) mass is 243 g/mol. The minimum absolute atomic E-state index is 0.0118. The van der Waals surface area contributed by atoms with Gasteiger partial charge < -0.3 is 10.4 Å². The minimum atomic E-state index is -1.04. The van der Waals surface area contributed by atoms with Crippen molar-refractivity contribution in [2.45, 2.75) is 13.8 Å². The summed E-state index contributed by atoms with van der Waals surface area (Å²) >= 11 is 0. The molecule has 5 nitrogen and oxygen atoms in total. The van der Waals surface area contributed by atoms with Crippen LogP contribution in [0.3, 0.4) is 0 Å². The van der Waals surface area contributed by atoms with Crippen LogP contribution in [0, 0.1) is 13.8 Å². The molecule has 0 aliphatic rings. The molecule has 18 heavy (non-hydrogen) atoms. The first-order valence-corrected chi connectivity index (χ1v) is 5.47. The Morgan fingerprint density at radius 3 is 2.72 bits per heavy atom. The van der Waals surface area contributed by atoms with Gasteiger partial charge in [0.2, 0.25) is 0 Å². The topological polar surface area (TPSA) is 75.1 Å². The van der Waals surface area contributed by atoms with Crippen molar-refractivity contribution >= 4 is 17.3 Å². The SMILES string of the molecule is Cc1ccc(Nc2ccnc(C(=O)O)c2)c(C)n1. The van der Waals surface area contributed by atoms with Crippen LogP contribution in [-0.4, -0.2) is 21.0 Å². The number of aromatic nitrogens is 2. The number of nitrogens with one attached hydrogen (secondary N) is 1. The second kappa shape index (κ2) is 4.83. The summed E-state index contributed by atoms with van der Waals surface area (Å²) in [5.41, 5.74) is 3.35. The van der Waals surface area contributed by atoms with E-state index in [1.54, 1.807) is 6.07 Å². The number of carboxylic acid groups (broad SMARTS) is 1. The van der Waals surface area contributed by atoms with Crippen molar-refractivity contribution < 1.29 is 9.90 Å². The van der Waals surface area contributed by atoms with E-state index >= 15 is 0 Å². The van der Waals surface area contributed by atoms with Crippen LogP contribution in [0.4, 0.5) is 11.4 Å². The molecule has 2 rings (SSSR count). The Morgan fingerprint density at radius 1 is 1.28 bits per heavy atom. The summed E-state index contributed by atoms with van der Waals surface area (Å²) in [5, 5.41) is 12.0. The molecule has 0 radical (unpaired) electrons. The quantitative estimate of drug-likeness (QED) is 0.866. The molecule has 5 heteroatoms. The zero-order valence-corrected chi connectivity index (χ0v) is 10.1. The highest BCUT2D eigenvalue weighted by molar-refractivity contribution is 5.86. The number of nitrogens with zero attached hydrogens (tertiary/aromatic N) is 2. The summed E-state index contributed by atoms with van der Waals surface area (Å²) in [5.74, 6) is -1.04. The highest BCUT2D eigenvalue weighted by Crippen LogP contribution is 2.19. The lowest BCUT2D eigenvalue weighted by molar-refractivity contribution is 0.0690. The molecule has 0 aliphatic carbocycles. The Hall–Kier alpha value is -2.43. The maximum atomic E-state index is 10.8. The average molecular weight is 243 g/mol. The number of carbonyl (C=O) groups is 1. The Labute approximate surface area is 105 Å². The Kier molecular flexibility index (Phi) is 3.23. The number of aryl methyl sites for hydroxylation is 2. The summed E-state index contributed by atoms with van der Waals surface area (Å²) in [7, 11) is 0. The van der Waals surface area contributed by atoms with Gasteiger partial charge in [0.1, 0.15) is 5.69 Å². The largest absolute Gasteiger partial charge is 0.477 e. The third kappa shape index (κ3) is 2.63. The second-order valence-electron chi connectivity index (χ2n) is 3.95. The number of hydrogen-bond donors (Lipinski definition) is 2. The fourth-order valence-electron chi connectivity index (χ4n) is 1.60. The molecule has 0 bridgehead atoms. The number of hydrogen-bond acceptors (Lipinski definition) is 4. The van der Waals surface area contributed by atoms with Crippen LogP contribution in [0.1, 0.15) is 21.9 Å². The first kappa shape index (κ1) is 12.0. The molecule has 0 spiro atoms. The van der Waals surface area contributed by atoms with Gasteiger partial charge in [0, 0.05) is 17.6 Å². The minimum Gasteiger partial charge on any atom is -0.477 e. The zero-order chi connectivity index (χ0) is 13.1. The fourth-order valence-corrected chi connectivity index (χ4v) is 1.60. The van der Waals surface area contributed by atoms with E-state index in [4.69, 9.17) is 5.11 Å². The van der Waals surface area contributed by atoms with Crippen molar-refractivity contribution in [2.75, 3.05) is 5.32 Å². The molecule has 2 N–H and O–H groups in total. The van der Waals surface area contributed by atoms with E-state index < -0.39 is 5.97 Å². The second-order valence-corrected chi connectivity index (χ2v) is 3.95. The van der Waals surface area contributed by atoms with Crippen molar-refractivity contribution in [1.29, 1.82) is 0 Å². The first-order valence-electron chi connectivity index (χ1n) is 5.47. The third-order valence-electron chi connectivity index (χ3n) is 2.48. The van der Waals surface area contributed by atoms with Crippen LogP contribution >= 0.6 is 0 Å². The maximum Gasteiger partial charge on any atom is 0.354 e. The summed E-state index contributed by atoms with van der Waals surface area (Å²) in [6.07, 6.45) is 1.46. The number of aromatic carboxylic acids is 1. The lowest BCUT2D eigenvalue weighted by Crippen LogP contribution is -2.02. The van der Waals surface area contributed by atoms with Gasteiger partial charge >= 0.3 is 5.97 Å². The Bertz CT molecular complexity index is 597. The van der Waals surface area contributed by atoms with Gasteiger partial charge in [0.25, 0.3) is 0 Å². The highest BCUT2D eigenvalue weighted by Gasteiger charge is 2.06. The maximum absolute atomic E-state index is 10.8. The molecule has 0 atom stereocenters. The molecular weight excluding hydrogens is 230 g/mol. The van der Waals surface area contributed by atoms with Gasteiger partial charge in [-0.2, -0.15) is 0 Å². The molecule has 92 valence electrons. The average Bonchev–Trinajstić information content (AvgIpc) is 2.33. The van der Waals surface area contributed by atoms with Gasteiger partial charge in [-0.3, -0.25) is 4.98 Å². The van der Waals surface area contributed by atoms with Gasteiger partial charge in [0.05, 0.1) is 11.4 Å². The van der Waals surface area contributed by atoms with Crippen LogP contribution in [-0.2, 0) is 0 Å². The summed E-state index contributed by atoms with van der Waals surface area (Å²) in [4.78, 5) is 18.9. The van der Waals surface area contributed by atoms with Crippen molar-refractivity contribution in [2.24, 2.45) is 0 Å². The molecule has 0 amide bonds. The van der Waals surface area contributed by atoms with E-state index in [1.165, 1.54) is 12.3 Å². The van der Waals surface area contributed by atoms with E-state index in [0.717, 1.165) is 17.1 Å². The Morgan fingerprint density at radius 2 is 2.06 bits per heavy atom. The van der Waals surface area contributed by atoms with E-state index in [1.807, 2.05) is 26.0 Å². The van der Waals surface area contributed by atoms with E-state index in [9.17, 15) is 4.79 Å². The number of pyridine rings is 2. The number of anilines is 2. The van der Waals surface area contributed by atoms with Gasteiger partial charge in [-0.15, -0.1) is 0 Å². The van der Waals surface area contributed by atoms with Crippen LogP contribution in [0.5, 0.6) is 0 Å². The lowest BCUT2D eigenvalue weighted by Gasteiger charge is -2.09. The molecule has 0 aliphatic heterocycles. The summed E-state index contributed by atoms with van der Waals surface area (Å²) < 4.78 is 0. The van der Waals surface area contributed by atoms with Gasteiger partial charge in [-0.1, -0.05) is 0 Å². The standard InChI is InChI=1S/C13H13N3O2/c1-8-3-4-11(9(2)15-8)16-10-5-6-14-12(7-10)13(17)18/h3-7H,1-2H3,(H,14,16)(H,17,18). The molecule has 0 saturated carbocycles. The van der Waals surface area contributed by atoms with Crippen molar-refractivity contribution in [1.82, 2.24) is 9.97 Å². The normalized spacial score (nSPS) is 10.1. The van der Waals surface area contributed by atoms with Crippen molar-refractivity contribution in [3.63, 3.8) is 0 Å². The molecular formula is C13H13N3O2. The number of carboxylic acids is 1. The molecule has 2 aromatic rings. The highest BCUT2D eigenvalue weighted by atomic mass is 16.4. The molecule has 0 aromatic carbocycles. The van der Waals surface area contributed by atoms with Crippen molar-refractivity contribution in [3.8, 4) is 0 Å². The number of rotatable bonds is 3. The zero-order valence-electron chi connectivity index (χ0n) is 10.1. The van der Waals surface area contributed by atoms with Gasteiger partial charge in [-0.05, 0) is 38.1 Å².